The second-order valence-corrected chi connectivity index (χ2v) is 4.06. The van der Waals surface area contributed by atoms with Gasteiger partial charge in [0.1, 0.15) is 24.1 Å². The van der Waals surface area contributed by atoms with Gasteiger partial charge in [0.05, 0.1) is 12.2 Å². The molecule has 1 aromatic rings. The van der Waals surface area contributed by atoms with Crippen LogP contribution in [0.3, 0.4) is 0 Å². The fourth-order valence-electron chi connectivity index (χ4n) is 1.76. The van der Waals surface area contributed by atoms with Gasteiger partial charge >= 0.3 is 0 Å². The van der Waals surface area contributed by atoms with Crippen LogP contribution in [0.15, 0.2) is 18.5 Å². The molecule has 1 amide bonds. The van der Waals surface area contributed by atoms with Gasteiger partial charge in [0.15, 0.2) is 0 Å². The van der Waals surface area contributed by atoms with E-state index in [0.717, 1.165) is 0 Å². The number of ether oxygens (including phenoxy) is 2. The Morgan fingerprint density at radius 2 is 2.15 bits per heavy atom. The molecule has 5 N–H and O–H groups in total. The topological polar surface area (TPSA) is 135 Å². The van der Waals surface area contributed by atoms with E-state index in [2.05, 4.69) is 4.98 Å². The lowest BCUT2D eigenvalue weighted by Crippen LogP contribution is -2.35. The minimum atomic E-state index is -1.34. The fraction of sp³-hybridized carbons (Fsp3) is 0.455. The number of aliphatic hydroxyl groups is 3. The number of primary amides is 1. The third-order valence-corrected chi connectivity index (χ3v) is 2.79. The van der Waals surface area contributed by atoms with Crippen molar-refractivity contribution >= 4 is 18.3 Å². The third kappa shape index (κ3) is 3.17. The molecule has 1 saturated heterocycles. The molecular formula is C11H15ClN2O6. The van der Waals surface area contributed by atoms with Crippen molar-refractivity contribution in [3.63, 3.8) is 0 Å². The Bertz CT molecular complexity index is 474. The first-order chi connectivity index (χ1) is 9.04. The number of hydrogen-bond donors (Lipinski definition) is 4. The number of hydrogen-bond acceptors (Lipinski definition) is 7. The number of carbonyl (C=O) groups excluding carboxylic acids is 1. The highest BCUT2D eigenvalue weighted by molar-refractivity contribution is 5.95. The summed E-state index contributed by atoms with van der Waals surface area (Å²) in [5.74, 6) is -0.660. The summed E-state index contributed by atoms with van der Waals surface area (Å²) >= 11 is 0. The van der Waals surface area contributed by atoms with Gasteiger partial charge in [-0.15, -0.1) is 12.4 Å². The van der Waals surface area contributed by atoms with E-state index in [-0.39, 0.29) is 23.7 Å². The lowest BCUT2D eigenvalue weighted by molar-refractivity contribution is -0.116. The molecule has 0 bridgehead atoms. The van der Waals surface area contributed by atoms with Crippen LogP contribution in [0, 0.1) is 0 Å². The van der Waals surface area contributed by atoms with Gasteiger partial charge in [-0.1, -0.05) is 0 Å². The van der Waals surface area contributed by atoms with Crippen LogP contribution in [0.4, 0.5) is 0 Å². The number of pyridine rings is 1. The molecule has 20 heavy (non-hydrogen) atoms. The van der Waals surface area contributed by atoms with Crippen molar-refractivity contribution in [2.45, 2.75) is 24.6 Å². The number of aromatic nitrogens is 1. The van der Waals surface area contributed by atoms with Crippen LogP contribution in [0.1, 0.15) is 10.4 Å². The molecule has 2 heterocycles. The standard InChI is InChI=1S/C11H14N2O6.ClH/c12-10(17)5-3-13-2-1-6(5)18-11-9(16)8(15)7(4-14)19-11;/h1-3,7-9,11,14-16H,4H2,(H2,12,17);1H/t7-,8-,9-,11?;/m1./s1. The Labute approximate surface area is 120 Å². The first-order valence-corrected chi connectivity index (χ1v) is 5.57. The van der Waals surface area contributed by atoms with Crippen LogP contribution in [0.5, 0.6) is 5.75 Å². The van der Waals surface area contributed by atoms with Crippen molar-refractivity contribution in [3.05, 3.63) is 24.0 Å². The molecule has 0 spiro atoms. The molecule has 112 valence electrons. The summed E-state index contributed by atoms with van der Waals surface area (Å²) in [7, 11) is 0. The van der Waals surface area contributed by atoms with Gasteiger partial charge in [-0.05, 0) is 6.07 Å². The second-order valence-electron chi connectivity index (χ2n) is 4.06. The zero-order valence-corrected chi connectivity index (χ0v) is 11.1. The number of nitrogens with zero attached hydrogens (tertiary/aromatic N) is 1. The maximum atomic E-state index is 11.2. The predicted octanol–water partition coefficient (Wildman–Crippen LogP) is -1.58. The highest BCUT2D eigenvalue weighted by Gasteiger charge is 2.44. The number of rotatable bonds is 4. The summed E-state index contributed by atoms with van der Waals surface area (Å²) in [6.45, 7) is -0.461. The van der Waals surface area contributed by atoms with E-state index >= 15 is 0 Å². The Morgan fingerprint density at radius 1 is 1.45 bits per heavy atom. The zero-order valence-electron chi connectivity index (χ0n) is 10.2. The number of aliphatic hydroxyl groups excluding tert-OH is 3. The molecule has 8 nitrogen and oxygen atoms in total. The van der Waals surface area contributed by atoms with E-state index in [1.165, 1.54) is 18.5 Å². The molecule has 4 atom stereocenters. The summed E-state index contributed by atoms with van der Waals surface area (Å²) in [5.41, 5.74) is 5.18. The Hall–Kier alpha value is -1.45. The highest BCUT2D eigenvalue weighted by atomic mass is 35.5. The Morgan fingerprint density at radius 3 is 2.70 bits per heavy atom. The van der Waals surface area contributed by atoms with Crippen molar-refractivity contribution in [1.29, 1.82) is 0 Å². The summed E-state index contributed by atoms with van der Waals surface area (Å²) in [4.78, 5) is 14.9. The van der Waals surface area contributed by atoms with Crippen LogP contribution < -0.4 is 10.5 Å². The van der Waals surface area contributed by atoms with Crippen molar-refractivity contribution in [2.24, 2.45) is 5.73 Å². The van der Waals surface area contributed by atoms with Crippen molar-refractivity contribution < 1.29 is 29.6 Å². The molecule has 0 aliphatic carbocycles. The smallest absolute Gasteiger partial charge is 0.254 e. The number of halogens is 1. The van der Waals surface area contributed by atoms with Crippen LogP contribution in [-0.4, -0.2) is 57.4 Å². The predicted molar refractivity (Wildman–Crippen MR) is 68.4 cm³/mol. The first-order valence-electron chi connectivity index (χ1n) is 5.57. The van der Waals surface area contributed by atoms with Crippen molar-refractivity contribution in [3.8, 4) is 5.75 Å². The minimum absolute atomic E-state index is 0. The monoisotopic (exact) mass is 306 g/mol. The lowest BCUT2D eigenvalue weighted by atomic mass is 10.1. The fourth-order valence-corrected chi connectivity index (χ4v) is 1.76. The summed E-state index contributed by atoms with van der Waals surface area (Å²) < 4.78 is 10.4. The minimum Gasteiger partial charge on any atom is -0.461 e. The molecule has 1 aromatic heterocycles. The van der Waals surface area contributed by atoms with Gasteiger partial charge in [-0.25, -0.2) is 0 Å². The van der Waals surface area contributed by atoms with Crippen LogP contribution in [0.25, 0.3) is 0 Å². The average molecular weight is 307 g/mol. The summed E-state index contributed by atoms with van der Waals surface area (Å²) in [6.07, 6.45) is -2.16. The third-order valence-electron chi connectivity index (χ3n) is 2.79. The van der Waals surface area contributed by atoms with E-state index in [4.69, 9.17) is 20.3 Å². The summed E-state index contributed by atoms with van der Waals surface area (Å²) in [5, 5.41) is 28.2. The molecule has 2 rings (SSSR count). The molecule has 1 fully saturated rings. The Balaban J connectivity index is 0.00000200. The summed E-state index contributed by atoms with van der Waals surface area (Å²) in [6, 6.07) is 1.38. The molecule has 9 heteroatoms. The van der Waals surface area contributed by atoms with E-state index in [0.29, 0.717) is 0 Å². The lowest BCUT2D eigenvalue weighted by Gasteiger charge is -2.17. The van der Waals surface area contributed by atoms with E-state index in [1.54, 1.807) is 0 Å². The normalized spacial score (nSPS) is 28.8. The molecule has 0 aromatic carbocycles. The van der Waals surface area contributed by atoms with E-state index in [1.807, 2.05) is 0 Å². The number of carbonyl (C=O) groups is 1. The second kappa shape index (κ2) is 6.82. The molecule has 0 saturated carbocycles. The average Bonchev–Trinajstić information content (AvgIpc) is 2.67. The molecule has 1 unspecified atom stereocenters. The largest absolute Gasteiger partial charge is 0.461 e. The molecule has 0 radical (unpaired) electrons. The first kappa shape index (κ1) is 16.6. The number of amides is 1. The maximum Gasteiger partial charge on any atom is 0.254 e. The van der Waals surface area contributed by atoms with Gasteiger partial charge in [0.2, 0.25) is 6.29 Å². The Kier molecular flexibility index (Phi) is 5.66. The molecule has 1 aliphatic heterocycles. The van der Waals surface area contributed by atoms with Crippen molar-refractivity contribution in [2.75, 3.05) is 6.61 Å². The van der Waals surface area contributed by atoms with Gasteiger partial charge in [0, 0.05) is 12.4 Å². The molecule has 1 aliphatic rings. The van der Waals surface area contributed by atoms with E-state index < -0.39 is 37.1 Å². The van der Waals surface area contributed by atoms with Gasteiger partial charge in [-0.3, -0.25) is 9.78 Å². The van der Waals surface area contributed by atoms with E-state index in [9.17, 15) is 15.0 Å². The molecular weight excluding hydrogens is 292 g/mol. The van der Waals surface area contributed by atoms with Crippen LogP contribution in [-0.2, 0) is 4.74 Å². The van der Waals surface area contributed by atoms with Crippen LogP contribution in [0.2, 0.25) is 0 Å². The highest BCUT2D eigenvalue weighted by Crippen LogP contribution is 2.26. The van der Waals surface area contributed by atoms with Crippen LogP contribution >= 0.6 is 12.4 Å². The maximum absolute atomic E-state index is 11.2. The van der Waals surface area contributed by atoms with Gasteiger partial charge in [-0.2, -0.15) is 0 Å². The SMILES string of the molecule is Cl.NC(=O)c1cnccc1OC1O[C@H](CO)[C@@H](O)[C@H]1O. The quantitative estimate of drug-likeness (QED) is 0.527. The van der Waals surface area contributed by atoms with Crippen molar-refractivity contribution in [1.82, 2.24) is 4.98 Å². The van der Waals surface area contributed by atoms with Gasteiger partial charge in [0.25, 0.3) is 5.91 Å². The van der Waals surface area contributed by atoms with Gasteiger partial charge < -0.3 is 30.5 Å². The zero-order chi connectivity index (χ0) is 14.0. The number of nitrogens with two attached hydrogens (primary N) is 1.